The van der Waals surface area contributed by atoms with Gasteiger partial charge in [0.25, 0.3) is 0 Å². The van der Waals surface area contributed by atoms with E-state index in [9.17, 15) is 0 Å². The zero-order chi connectivity index (χ0) is 16.2. The predicted molar refractivity (Wildman–Crippen MR) is 90.4 cm³/mol. The van der Waals surface area contributed by atoms with E-state index in [0.717, 1.165) is 49.7 Å². The van der Waals surface area contributed by atoms with Crippen LogP contribution in [0.25, 0.3) is 23.0 Å². The Kier molecular flexibility index (Phi) is 4.40. The first kappa shape index (κ1) is 15.1. The molecule has 1 unspecified atom stereocenters. The monoisotopic (exact) mass is 324 g/mol. The van der Waals surface area contributed by atoms with Crippen molar-refractivity contribution in [3.63, 3.8) is 0 Å². The number of nitrogens with one attached hydrogen (secondary N) is 1. The molecular weight excluding hydrogens is 304 g/mol. The molecule has 1 aromatic carbocycles. The molecule has 0 radical (unpaired) electrons. The van der Waals surface area contributed by atoms with E-state index in [-0.39, 0.29) is 6.10 Å². The smallest absolute Gasteiger partial charge is 0.226 e. The topological polar surface area (TPSA) is 65.1 Å². The van der Waals surface area contributed by atoms with Crippen molar-refractivity contribution in [3.05, 3.63) is 49.0 Å². The number of morpholine rings is 1. The molecule has 1 aliphatic rings. The van der Waals surface area contributed by atoms with Gasteiger partial charge >= 0.3 is 0 Å². The van der Waals surface area contributed by atoms with Crippen molar-refractivity contribution < 1.29 is 9.15 Å². The highest BCUT2D eigenvalue weighted by Crippen LogP contribution is 2.23. The molecule has 4 rings (SSSR count). The maximum atomic E-state index is 5.75. The van der Waals surface area contributed by atoms with Crippen molar-refractivity contribution in [2.45, 2.75) is 19.1 Å². The molecule has 6 nitrogen and oxygen atoms in total. The average molecular weight is 324 g/mol. The molecule has 3 heterocycles. The Morgan fingerprint density at radius 2 is 2.17 bits per heavy atom. The van der Waals surface area contributed by atoms with E-state index < -0.39 is 0 Å². The van der Waals surface area contributed by atoms with E-state index in [1.54, 1.807) is 12.5 Å². The van der Waals surface area contributed by atoms with Gasteiger partial charge < -0.3 is 19.0 Å². The summed E-state index contributed by atoms with van der Waals surface area (Å²) in [6.07, 6.45) is 6.64. The van der Waals surface area contributed by atoms with Crippen LogP contribution in [0.3, 0.4) is 0 Å². The molecule has 24 heavy (non-hydrogen) atoms. The average Bonchev–Trinajstić information content (AvgIpc) is 3.31. The summed E-state index contributed by atoms with van der Waals surface area (Å²) in [5.74, 6) is 1.43. The second-order valence-corrected chi connectivity index (χ2v) is 5.83. The Morgan fingerprint density at radius 3 is 3.00 bits per heavy atom. The van der Waals surface area contributed by atoms with Gasteiger partial charge in [-0.05, 0) is 18.6 Å². The summed E-state index contributed by atoms with van der Waals surface area (Å²) >= 11 is 0. The number of rotatable bonds is 5. The summed E-state index contributed by atoms with van der Waals surface area (Å²) in [6.45, 7) is 3.47. The number of nitrogens with zero attached hydrogens (tertiary/aromatic N) is 3. The first-order valence-electron chi connectivity index (χ1n) is 8.25. The number of hydrogen-bond donors (Lipinski definition) is 1. The maximum absolute atomic E-state index is 5.75. The molecule has 3 aromatic rings. The molecule has 1 fully saturated rings. The van der Waals surface area contributed by atoms with Crippen LogP contribution in [0.15, 0.2) is 53.4 Å². The van der Waals surface area contributed by atoms with Crippen LogP contribution in [0.1, 0.15) is 6.42 Å². The van der Waals surface area contributed by atoms with Crippen LogP contribution < -0.4 is 5.32 Å². The second kappa shape index (κ2) is 6.98. The molecule has 0 bridgehead atoms. The molecule has 1 aliphatic heterocycles. The number of hydrogen-bond acceptors (Lipinski definition) is 5. The number of imidazole rings is 1. The summed E-state index contributed by atoms with van der Waals surface area (Å²) in [4.78, 5) is 9.03. The molecule has 124 valence electrons. The molecule has 0 amide bonds. The van der Waals surface area contributed by atoms with Gasteiger partial charge in [0.15, 0.2) is 5.82 Å². The number of oxazole rings is 1. The fourth-order valence-corrected chi connectivity index (χ4v) is 2.90. The summed E-state index contributed by atoms with van der Waals surface area (Å²) in [5, 5.41) is 3.36. The number of benzene rings is 1. The van der Waals surface area contributed by atoms with Crippen LogP contribution >= 0.6 is 0 Å². The van der Waals surface area contributed by atoms with Gasteiger partial charge in [0.2, 0.25) is 5.89 Å². The Morgan fingerprint density at radius 1 is 1.25 bits per heavy atom. The Labute approximate surface area is 140 Å². The molecular formula is C18H20N4O2. The van der Waals surface area contributed by atoms with Crippen LogP contribution in [0.2, 0.25) is 0 Å². The van der Waals surface area contributed by atoms with Crippen molar-refractivity contribution in [2.24, 2.45) is 0 Å². The highest BCUT2D eigenvalue weighted by molar-refractivity contribution is 5.58. The lowest BCUT2D eigenvalue weighted by atomic mass is 10.2. The van der Waals surface area contributed by atoms with E-state index in [0.29, 0.717) is 5.89 Å². The number of aromatic nitrogens is 3. The normalized spacial score (nSPS) is 17.9. The number of ether oxygens (including phenoxy) is 1. The standard InChI is InChI=1S/C18H20N4O2/c1-2-4-14(5-3-1)18-21-16(13-24-18)17-20-7-10-22(17)9-6-15-12-19-8-11-23-15/h1-5,7,10,13,15,19H,6,8-9,11-12H2. The third-order valence-electron chi connectivity index (χ3n) is 4.17. The van der Waals surface area contributed by atoms with Crippen molar-refractivity contribution in [1.82, 2.24) is 19.9 Å². The molecule has 1 atom stereocenters. The SMILES string of the molecule is c1ccc(-c2nc(-c3nccn3CCC3CNCCO3)co2)cc1. The molecule has 2 aromatic heterocycles. The minimum absolute atomic E-state index is 0.256. The zero-order valence-corrected chi connectivity index (χ0v) is 13.4. The molecule has 6 heteroatoms. The van der Waals surface area contributed by atoms with Crippen LogP contribution in [-0.2, 0) is 11.3 Å². The highest BCUT2D eigenvalue weighted by Gasteiger charge is 2.16. The number of aryl methyl sites for hydroxylation is 1. The highest BCUT2D eigenvalue weighted by atomic mass is 16.5. The first-order chi connectivity index (χ1) is 11.9. The van der Waals surface area contributed by atoms with E-state index in [1.165, 1.54) is 0 Å². The van der Waals surface area contributed by atoms with Gasteiger partial charge in [0.1, 0.15) is 12.0 Å². The Hall–Kier alpha value is -2.44. The quantitative estimate of drug-likeness (QED) is 0.781. The summed E-state index contributed by atoms with van der Waals surface area (Å²) < 4.78 is 13.5. The third kappa shape index (κ3) is 3.25. The predicted octanol–water partition coefficient (Wildman–Crippen LogP) is 2.58. The van der Waals surface area contributed by atoms with E-state index in [4.69, 9.17) is 9.15 Å². The summed E-state index contributed by atoms with van der Waals surface area (Å²) in [6, 6.07) is 9.88. The Bertz CT molecular complexity index is 775. The Balaban J connectivity index is 1.49. The van der Waals surface area contributed by atoms with Gasteiger partial charge in [-0.1, -0.05) is 18.2 Å². The lowest BCUT2D eigenvalue weighted by Crippen LogP contribution is -2.38. The van der Waals surface area contributed by atoms with Crippen LogP contribution in [0.5, 0.6) is 0 Å². The fourth-order valence-electron chi connectivity index (χ4n) is 2.90. The van der Waals surface area contributed by atoms with Gasteiger partial charge in [-0.15, -0.1) is 0 Å². The maximum Gasteiger partial charge on any atom is 0.226 e. The minimum Gasteiger partial charge on any atom is -0.444 e. The van der Waals surface area contributed by atoms with Crippen molar-refractivity contribution in [2.75, 3.05) is 19.7 Å². The van der Waals surface area contributed by atoms with E-state index >= 15 is 0 Å². The minimum atomic E-state index is 0.256. The largest absolute Gasteiger partial charge is 0.444 e. The van der Waals surface area contributed by atoms with E-state index in [1.807, 2.05) is 36.5 Å². The van der Waals surface area contributed by atoms with Gasteiger partial charge in [-0.3, -0.25) is 0 Å². The van der Waals surface area contributed by atoms with Crippen LogP contribution in [-0.4, -0.2) is 40.3 Å². The van der Waals surface area contributed by atoms with Gasteiger partial charge in [0.05, 0.1) is 12.7 Å². The first-order valence-corrected chi connectivity index (χ1v) is 8.25. The molecule has 0 spiro atoms. The van der Waals surface area contributed by atoms with Crippen LogP contribution in [0.4, 0.5) is 0 Å². The summed E-state index contributed by atoms with van der Waals surface area (Å²) in [5.41, 5.74) is 1.71. The fraction of sp³-hybridized carbons (Fsp3) is 0.333. The zero-order valence-electron chi connectivity index (χ0n) is 13.4. The molecule has 1 N–H and O–H groups in total. The van der Waals surface area contributed by atoms with Crippen molar-refractivity contribution in [1.29, 1.82) is 0 Å². The van der Waals surface area contributed by atoms with E-state index in [2.05, 4.69) is 19.9 Å². The van der Waals surface area contributed by atoms with Crippen molar-refractivity contribution in [3.8, 4) is 23.0 Å². The van der Waals surface area contributed by atoms with Gasteiger partial charge in [-0.2, -0.15) is 0 Å². The van der Waals surface area contributed by atoms with Crippen LogP contribution in [0, 0.1) is 0 Å². The third-order valence-corrected chi connectivity index (χ3v) is 4.17. The molecule has 0 saturated carbocycles. The van der Waals surface area contributed by atoms with Crippen molar-refractivity contribution >= 4 is 0 Å². The lowest BCUT2D eigenvalue weighted by Gasteiger charge is -2.23. The molecule has 1 saturated heterocycles. The summed E-state index contributed by atoms with van der Waals surface area (Å²) in [7, 11) is 0. The van der Waals surface area contributed by atoms with Gasteiger partial charge in [-0.25, -0.2) is 9.97 Å². The molecule has 0 aliphatic carbocycles. The second-order valence-electron chi connectivity index (χ2n) is 5.83. The lowest BCUT2D eigenvalue weighted by molar-refractivity contribution is 0.0211. The van der Waals surface area contributed by atoms with Gasteiger partial charge in [0, 0.05) is 37.6 Å².